The van der Waals surface area contributed by atoms with Crippen LogP contribution in [0.4, 0.5) is 0 Å². The summed E-state index contributed by atoms with van der Waals surface area (Å²) < 4.78 is 5.65. The molecule has 0 saturated heterocycles. The molecule has 0 radical (unpaired) electrons. The first kappa shape index (κ1) is 16.5. The minimum Gasteiger partial charge on any atom is -0.411 e. The molecule has 118 valence electrons. The van der Waals surface area contributed by atoms with Gasteiger partial charge >= 0.3 is 0 Å². The van der Waals surface area contributed by atoms with E-state index in [9.17, 15) is 4.79 Å². The first-order valence-corrected chi connectivity index (χ1v) is 8.24. The summed E-state index contributed by atoms with van der Waals surface area (Å²) in [6.45, 7) is 8.64. The normalized spacial score (nSPS) is 12.2. The number of rotatable bonds is 6. The van der Waals surface area contributed by atoms with Gasteiger partial charge in [-0.1, -0.05) is 24.8 Å². The summed E-state index contributed by atoms with van der Waals surface area (Å²) >= 11 is 1.27. The minimum absolute atomic E-state index is 0.0159. The predicted octanol–water partition coefficient (Wildman–Crippen LogP) is 3.36. The fraction of sp³-hybridized carbons (Fsp3) is 0.438. The fourth-order valence-electron chi connectivity index (χ4n) is 1.85. The topological polar surface area (TPSA) is 68.0 Å². The number of hydrogen-bond donors (Lipinski definition) is 1. The predicted molar refractivity (Wildman–Crippen MR) is 87.8 cm³/mol. The summed E-state index contributed by atoms with van der Waals surface area (Å²) in [6.07, 6.45) is 0.917. The van der Waals surface area contributed by atoms with Gasteiger partial charge in [-0.2, -0.15) is 0 Å². The van der Waals surface area contributed by atoms with E-state index in [1.807, 2.05) is 39.0 Å². The van der Waals surface area contributed by atoms with Gasteiger partial charge in [-0.15, -0.1) is 10.2 Å². The van der Waals surface area contributed by atoms with Crippen molar-refractivity contribution in [3.8, 4) is 11.5 Å². The van der Waals surface area contributed by atoms with Crippen LogP contribution in [-0.2, 0) is 4.79 Å². The van der Waals surface area contributed by atoms with Gasteiger partial charge in [0.25, 0.3) is 5.22 Å². The third kappa shape index (κ3) is 4.10. The molecule has 5 nitrogen and oxygen atoms in total. The van der Waals surface area contributed by atoms with Crippen LogP contribution in [-0.4, -0.2) is 27.9 Å². The van der Waals surface area contributed by atoms with Crippen LogP contribution >= 0.6 is 11.8 Å². The zero-order valence-corrected chi connectivity index (χ0v) is 14.2. The van der Waals surface area contributed by atoms with E-state index >= 15 is 0 Å². The second-order valence-electron chi connectivity index (χ2n) is 5.22. The molecule has 1 N–H and O–H groups in total. The standard InChI is InChI=1S/C16H21N3O2S/c1-5-8-17-14(20)12(4)22-16-19-18-15(21-16)13-7-6-10(2)11(3)9-13/h6-7,9,12H,5,8H2,1-4H3,(H,17,20)/t12-/m1/s1. The number of carbonyl (C=O) groups is 1. The Morgan fingerprint density at radius 3 is 2.77 bits per heavy atom. The first-order chi connectivity index (χ1) is 10.5. The molecular formula is C16H21N3O2S. The Hall–Kier alpha value is -1.82. The largest absolute Gasteiger partial charge is 0.411 e. The molecule has 1 atom stereocenters. The second kappa shape index (κ2) is 7.45. The molecule has 1 aromatic carbocycles. The fourth-order valence-corrected chi connectivity index (χ4v) is 2.55. The van der Waals surface area contributed by atoms with Crippen LogP contribution in [0.3, 0.4) is 0 Å². The van der Waals surface area contributed by atoms with E-state index in [0.717, 1.165) is 12.0 Å². The van der Waals surface area contributed by atoms with Gasteiger partial charge in [0.05, 0.1) is 5.25 Å². The number of amides is 1. The molecular weight excluding hydrogens is 298 g/mol. The third-order valence-corrected chi connectivity index (χ3v) is 4.29. The lowest BCUT2D eigenvalue weighted by Gasteiger charge is -2.08. The monoisotopic (exact) mass is 319 g/mol. The van der Waals surface area contributed by atoms with E-state index in [-0.39, 0.29) is 11.2 Å². The molecule has 1 amide bonds. The van der Waals surface area contributed by atoms with Gasteiger partial charge in [0.1, 0.15) is 0 Å². The van der Waals surface area contributed by atoms with Crippen LogP contribution in [0.15, 0.2) is 27.8 Å². The van der Waals surface area contributed by atoms with Crippen LogP contribution in [0.2, 0.25) is 0 Å². The quantitative estimate of drug-likeness (QED) is 0.827. The molecule has 6 heteroatoms. The van der Waals surface area contributed by atoms with Crippen LogP contribution in [0, 0.1) is 13.8 Å². The molecule has 0 bridgehead atoms. The number of thioether (sulfide) groups is 1. The lowest BCUT2D eigenvalue weighted by molar-refractivity contribution is -0.120. The molecule has 0 unspecified atom stereocenters. The van der Waals surface area contributed by atoms with Gasteiger partial charge in [-0.25, -0.2) is 0 Å². The first-order valence-electron chi connectivity index (χ1n) is 7.36. The van der Waals surface area contributed by atoms with Crippen LogP contribution in [0.25, 0.3) is 11.5 Å². The number of hydrogen-bond acceptors (Lipinski definition) is 5. The Morgan fingerprint density at radius 2 is 2.09 bits per heavy atom. The van der Waals surface area contributed by atoms with E-state index in [0.29, 0.717) is 17.7 Å². The van der Waals surface area contributed by atoms with Crippen molar-refractivity contribution in [3.63, 3.8) is 0 Å². The Bertz CT molecular complexity index is 655. The average molecular weight is 319 g/mol. The van der Waals surface area contributed by atoms with E-state index in [1.54, 1.807) is 0 Å². The molecule has 0 aliphatic rings. The van der Waals surface area contributed by atoms with Gasteiger partial charge in [-0.05, 0) is 50.5 Å². The number of carbonyl (C=O) groups excluding carboxylic acids is 1. The summed E-state index contributed by atoms with van der Waals surface area (Å²) in [4.78, 5) is 11.8. The van der Waals surface area contributed by atoms with Gasteiger partial charge in [0.15, 0.2) is 0 Å². The molecule has 0 aliphatic heterocycles. The lowest BCUT2D eigenvalue weighted by atomic mass is 10.1. The van der Waals surface area contributed by atoms with Crippen molar-refractivity contribution >= 4 is 17.7 Å². The van der Waals surface area contributed by atoms with E-state index in [2.05, 4.69) is 22.4 Å². The summed E-state index contributed by atoms with van der Waals surface area (Å²) in [5.74, 6) is 0.463. The Morgan fingerprint density at radius 1 is 1.32 bits per heavy atom. The van der Waals surface area contributed by atoms with Gasteiger partial charge in [0, 0.05) is 12.1 Å². The second-order valence-corrected chi connectivity index (χ2v) is 6.52. The van der Waals surface area contributed by atoms with Gasteiger partial charge < -0.3 is 9.73 Å². The third-order valence-electron chi connectivity index (χ3n) is 3.36. The van der Waals surface area contributed by atoms with Crippen molar-refractivity contribution in [1.82, 2.24) is 15.5 Å². The van der Waals surface area contributed by atoms with Gasteiger partial charge in [-0.3, -0.25) is 4.79 Å². The van der Waals surface area contributed by atoms with E-state index in [1.165, 1.54) is 22.9 Å². The van der Waals surface area contributed by atoms with Crippen LogP contribution in [0.1, 0.15) is 31.4 Å². The van der Waals surface area contributed by atoms with Crippen molar-refractivity contribution in [2.24, 2.45) is 0 Å². The molecule has 0 spiro atoms. The van der Waals surface area contributed by atoms with Crippen molar-refractivity contribution < 1.29 is 9.21 Å². The summed E-state index contributed by atoms with van der Waals surface area (Å²) in [5.41, 5.74) is 3.29. The molecule has 0 aliphatic carbocycles. The van der Waals surface area contributed by atoms with E-state index < -0.39 is 0 Å². The highest BCUT2D eigenvalue weighted by molar-refractivity contribution is 8.00. The van der Waals surface area contributed by atoms with Crippen molar-refractivity contribution in [2.75, 3.05) is 6.54 Å². The Kier molecular flexibility index (Phi) is 5.60. The molecule has 1 heterocycles. The molecule has 0 fully saturated rings. The Labute approximate surface area is 134 Å². The number of benzene rings is 1. The smallest absolute Gasteiger partial charge is 0.277 e. The minimum atomic E-state index is -0.264. The highest BCUT2D eigenvalue weighted by Gasteiger charge is 2.18. The van der Waals surface area contributed by atoms with Crippen LogP contribution < -0.4 is 5.32 Å². The average Bonchev–Trinajstić information content (AvgIpc) is 2.96. The molecule has 1 aromatic heterocycles. The molecule has 2 rings (SSSR count). The van der Waals surface area contributed by atoms with Crippen molar-refractivity contribution in [1.29, 1.82) is 0 Å². The maximum atomic E-state index is 11.8. The summed E-state index contributed by atoms with van der Waals surface area (Å²) in [6, 6.07) is 6.01. The lowest BCUT2D eigenvalue weighted by Crippen LogP contribution is -2.31. The maximum absolute atomic E-state index is 11.8. The number of aromatic nitrogens is 2. The van der Waals surface area contributed by atoms with Crippen LogP contribution in [0.5, 0.6) is 0 Å². The Balaban J connectivity index is 2.05. The summed E-state index contributed by atoms with van der Waals surface area (Å²) in [5, 5.41) is 11.1. The number of nitrogens with zero attached hydrogens (tertiary/aromatic N) is 2. The summed E-state index contributed by atoms with van der Waals surface area (Å²) in [7, 11) is 0. The molecule has 0 saturated carbocycles. The SMILES string of the molecule is CCCNC(=O)[C@@H](C)Sc1nnc(-c2ccc(C)c(C)c2)o1. The maximum Gasteiger partial charge on any atom is 0.277 e. The van der Waals surface area contributed by atoms with E-state index in [4.69, 9.17) is 4.42 Å². The number of aryl methyl sites for hydroxylation is 2. The van der Waals surface area contributed by atoms with Crippen molar-refractivity contribution in [2.45, 2.75) is 44.6 Å². The highest BCUT2D eigenvalue weighted by Crippen LogP contribution is 2.27. The van der Waals surface area contributed by atoms with Crippen molar-refractivity contribution in [3.05, 3.63) is 29.3 Å². The zero-order valence-electron chi connectivity index (χ0n) is 13.3. The molecule has 2 aromatic rings. The zero-order chi connectivity index (χ0) is 16.1. The highest BCUT2D eigenvalue weighted by atomic mass is 32.2. The molecule has 22 heavy (non-hydrogen) atoms. The van der Waals surface area contributed by atoms with Gasteiger partial charge in [0.2, 0.25) is 11.8 Å². The number of nitrogens with one attached hydrogen (secondary N) is 1.